The van der Waals surface area contributed by atoms with E-state index in [-0.39, 0.29) is 39.5 Å². The summed E-state index contributed by atoms with van der Waals surface area (Å²) in [5.41, 5.74) is 9.01. The van der Waals surface area contributed by atoms with Crippen LogP contribution in [0.2, 0.25) is 0 Å². The molecule has 0 spiro atoms. The molecule has 0 unspecified atom stereocenters. The summed E-state index contributed by atoms with van der Waals surface area (Å²) in [6.45, 7) is 1.88. The summed E-state index contributed by atoms with van der Waals surface area (Å²) in [5.74, 6) is -0.800. The molecule has 1 heterocycles. The molecule has 1 amide bonds. The molecule has 1 aliphatic rings. The Labute approximate surface area is 242 Å². The molecule has 41 heavy (non-hydrogen) atoms. The van der Waals surface area contributed by atoms with Gasteiger partial charge in [0.2, 0.25) is 0 Å². The van der Waals surface area contributed by atoms with E-state index in [1.54, 1.807) is 43.2 Å². The molecular weight excluding hydrogens is 566 g/mol. The summed E-state index contributed by atoms with van der Waals surface area (Å²) in [6, 6.07) is 14.4. The van der Waals surface area contributed by atoms with Gasteiger partial charge in [0, 0.05) is 35.8 Å². The van der Waals surface area contributed by atoms with Gasteiger partial charge in [0.25, 0.3) is 5.91 Å². The zero-order valence-corrected chi connectivity index (χ0v) is 24.7. The number of carbonyl (C=O) groups excluding carboxylic acids is 1. The third-order valence-electron chi connectivity index (χ3n) is 7.85. The van der Waals surface area contributed by atoms with Crippen LogP contribution in [0.3, 0.4) is 0 Å². The maximum absolute atomic E-state index is 14.7. The number of thiophene rings is 1. The molecule has 3 aromatic carbocycles. The van der Waals surface area contributed by atoms with Crippen LogP contribution >= 0.6 is 11.3 Å². The third kappa shape index (κ3) is 5.86. The van der Waals surface area contributed by atoms with Gasteiger partial charge in [0.1, 0.15) is 17.4 Å². The van der Waals surface area contributed by atoms with Crippen LogP contribution < -0.4 is 10.5 Å². The first kappa shape index (κ1) is 29.2. The third-order valence-corrected chi connectivity index (χ3v) is 10.3. The normalized spacial score (nSPS) is 17.5. The Balaban J connectivity index is 1.55. The second-order valence-electron chi connectivity index (χ2n) is 10.6. The van der Waals surface area contributed by atoms with Crippen molar-refractivity contribution in [3.05, 3.63) is 82.2 Å². The Kier molecular flexibility index (Phi) is 8.18. The molecule has 0 aliphatic heterocycles. The van der Waals surface area contributed by atoms with Gasteiger partial charge >= 0.3 is 0 Å². The molecule has 1 fully saturated rings. The summed E-state index contributed by atoms with van der Waals surface area (Å²) in [6.07, 6.45) is 4.14. The largest absolute Gasteiger partial charge is 0.496 e. The highest BCUT2D eigenvalue weighted by Gasteiger charge is 2.32. The lowest BCUT2D eigenvalue weighted by atomic mass is 9.90. The maximum Gasteiger partial charge on any atom is 0.264 e. The average Bonchev–Trinajstić information content (AvgIpc) is 3.31. The fourth-order valence-corrected chi connectivity index (χ4v) is 7.36. The number of nitrogens with zero attached hydrogens (tertiary/aromatic N) is 1. The molecule has 4 aromatic rings. The number of amides is 1. The molecule has 1 aliphatic carbocycles. The Morgan fingerprint density at radius 1 is 1.00 bits per heavy atom. The number of fused-ring (bicyclic) bond motifs is 1. The van der Waals surface area contributed by atoms with Crippen molar-refractivity contribution in [1.29, 1.82) is 0 Å². The Morgan fingerprint density at radius 3 is 2.24 bits per heavy atom. The van der Waals surface area contributed by atoms with Crippen molar-refractivity contribution in [2.24, 2.45) is 5.73 Å². The smallest absolute Gasteiger partial charge is 0.264 e. The highest BCUT2D eigenvalue weighted by atomic mass is 32.2. The maximum atomic E-state index is 14.7. The van der Waals surface area contributed by atoms with E-state index in [0.717, 1.165) is 59.3 Å². The summed E-state index contributed by atoms with van der Waals surface area (Å²) < 4.78 is 58.9. The summed E-state index contributed by atoms with van der Waals surface area (Å²) >= 11 is 0.978. The molecule has 0 saturated heterocycles. The SMILES string of the molecule is COc1ccc(-c2ccc(S(C)(=O)=O)cc2)cc1CN(C(=O)c1sc2c(F)ccc(F)c2c1C)C1CCC(N)CC1. The van der Waals surface area contributed by atoms with Gasteiger partial charge < -0.3 is 15.4 Å². The Bertz CT molecular complexity index is 1710. The van der Waals surface area contributed by atoms with E-state index < -0.39 is 21.5 Å². The molecule has 10 heteroatoms. The number of hydrogen-bond acceptors (Lipinski definition) is 6. The van der Waals surface area contributed by atoms with Crippen molar-refractivity contribution in [2.45, 2.75) is 56.1 Å². The van der Waals surface area contributed by atoms with E-state index >= 15 is 0 Å². The van der Waals surface area contributed by atoms with E-state index in [0.29, 0.717) is 29.0 Å². The minimum absolute atomic E-state index is 0.0743. The number of carbonyl (C=O) groups is 1. The molecule has 1 saturated carbocycles. The minimum atomic E-state index is -3.33. The van der Waals surface area contributed by atoms with E-state index in [9.17, 15) is 22.0 Å². The van der Waals surface area contributed by atoms with Crippen LogP contribution in [0.15, 0.2) is 59.5 Å². The van der Waals surface area contributed by atoms with Gasteiger partial charge in [-0.1, -0.05) is 18.2 Å². The quantitative estimate of drug-likeness (QED) is 0.263. The van der Waals surface area contributed by atoms with Gasteiger partial charge in [0.05, 0.1) is 21.6 Å². The van der Waals surface area contributed by atoms with Crippen molar-refractivity contribution >= 4 is 37.2 Å². The lowest BCUT2D eigenvalue weighted by Crippen LogP contribution is -2.43. The van der Waals surface area contributed by atoms with Crippen molar-refractivity contribution < 1.29 is 26.7 Å². The fourth-order valence-electron chi connectivity index (χ4n) is 5.55. The van der Waals surface area contributed by atoms with Crippen LogP contribution in [0.5, 0.6) is 5.75 Å². The zero-order chi connectivity index (χ0) is 29.5. The zero-order valence-electron chi connectivity index (χ0n) is 23.1. The van der Waals surface area contributed by atoms with Gasteiger partial charge in [-0.2, -0.15) is 0 Å². The fraction of sp³-hybridized carbons (Fsp3) is 0.323. The van der Waals surface area contributed by atoms with Gasteiger partial charge in [-0.25, -0.2) is 17.2 Å². The standard InChI is InChI=1S/C31H32F2N2O4S2/c1-18-28-25(32)13-14-26(33)30(28)40-29(18)31(36)35(23-9-7-22(34)8-10-23)17-21-16-20(6-15-27(21)39-2)19-4-11-24(12-5-19)41(3,37)38/h4-6,11-16,22-23H,7-10,17,34H2,1-3H3. The number of halogens is 2. The Morgan fingerprint density at radius 2 is 1.63 bits per heavy atom. The predicted octanol–water partition coefficient (Wildman–Crippen LogP) is 6.48. The number of methoxy groups -OCH3 is 1. The van der Waals surface area contributed by atoms with Crippen LogP contribution in [0.25, 0.3) is 21.2 Å². The van der Waals surface area contributed by atoms with E-state index in [1.165, 1.54) is 0 Å². The number of rotatable bonds is 7. The molecule has 6 nitrogen and oxygen atoms in total. The van der Waals surface area contributed by atoms with Crippen LogP contribution in [0.1, 0.15) is 46.5 Å². The van der Waals surface area contributed by atoms with Crippen molar-refractivity contribution in [2.75, 3.05) is 13.4 Å². The molecule has 2 N–H and O–H groups in total. The number of hydrogen-bond donors (Lipinski definition) is 1. The number of ether oxygens (including phenoxy) is 1. The lowest BCUT2D eigenvalue weighted by molar-refractivity contribution is 0.0609. The number of benzene rings is 3. The van der Waals surface area contributed by atoms with Crippen molar-refractivity contribution in [3.8, 4) is 16.9 Å². The summed E-state index contributed by atoms with van der Waals surface area (Å²) in [7, 11) is -1.76. The second kappa shape index (κ2) is 11.5. The van der Waals surface area contributed by atoms with Crippen molar-refractivity contribution in [3.63, 3.8) is 0 Å². The van der Waals surface area contributed by atoms with E-state index in [4.69, 9.17) is 10.5 Å². The number of aryl methyl sites for hydroxylation is 1. The van der Waals surface area contributed by atoms with Gasteiger partial charge in [0.15, 0.2) is 9.84 Å². The first-order valence-electron chi connectivity index (χ1n) is 13.4. The molecule has 216 valence electrons. The molecular formula is C31H32F2N2O4S2. The molecule has 0 radical (unpaired) electrons. The van der Waals surface area contributed by atoms with E-state index in [1.807, 2.05) is 18.2 Å². The van der Waals surface area contributed by atoms with Gasteiger partial charge in [-0.15, -0.1) is 11.3 Å². The molecule has 0 atom stereocenters. The predicted molar refractivity (Wildman–Crippen MR) is 158 cm³/mol. The van der Waals surface area contributed by atoms with Crippen LogP contribution in [0, 0.1) is 18.6 Å². The first-order valence-corrected chi connectivity index (χ1v) is 16.1. The lowest BCUT2D eigenvalue weighted by Gasteiger charge is -2.36. The average molecular weight is 599 g/mol. The summed E-state index contributed by atoms with van der Waals surface area (Å²) in [4.78, 5) is 16.5. The molecule has 5 rings (SSSR count). The van der Waals surface area contributed by atoms with Crippen LogP contribution in [-0.4, -0.2) is 44.7 Å². The Hall–Kier alpha value is -3.34. The summed E-state index contributed by atoms with van der Waals surface area (Å²) in [5, 5.41) is 0.140. The highest BCUT2D eigenvalue weighted by molar-refractivity contribution is 7.90. The van der Waals surface area contributed by atoms with Gasteiger partial charge in [-0.3, -0.25) is 4.79 Å². The van der Waals surface area contributed by atoms with Gasteiger partial charge in [-0.05, 0) is 85.7 Å². The topological polar surface area (TPSA) is 89.7 Å². The van der Waals surface area contributed by atoms with Crippen molar-refractivity contribution in [1.82, 2.24) is 4.90 Å². The van der Waals surface area contributed by atoms with Crippen LogP contribution in [0.4, 0.5) is 8.78 Å². The molecule has 0 bridgehead atoms. The highest BCUT2D eigenvalue weighted by Crippen LogP contribution is 2.37. The number of nitrogens with two attached hydrogens (primary N) is 1. The monoisotopic (exact) mass is 598 g/mol. The van der Waals surface area contributed by atoms with E-state index in [2.05, 4.69) is 0 Å². The second-order valence-corrected chi connectivity index (χ2v) is 13.7. The first-order chi connectivity index (χ1) is 19.5. The van der Waals surface area contributed by atoms with Crippen LogP contribution in [-0.2, 0) is 16.4 Å². The molecule has 1 aromatic heterocycles. The minimum Gasteiger partial charge on any atom is -0.496 e. The number of sulfone groups is 1.